The van der Waals surface area contributed by atoms with E-state index in [1.165, 1.54) is 23.9 Å². The first-order valence-electron chi connectivity index (χ1n) is 8.01. The summed E-state index contributed by atoms with van der Waals surface area (Å²) >= 11 is 1.33. The maximum Gasteiger partial charge on any atom is 0.354 e. The number of nitrogens with zero attached hydrogens (tertiary/aromatic N) is 1. The number of hydrogen-bond donors (Lipinski definition) is 1. The van der Waals surface area contributed by atoms with Gasteiger partial charge in [0, 0.05) is 27.6 Å². The number of hydrogen-bond acceptors (Lipinski definition) is 8. The number of non-ortho nitro benzene ring substituents is 1. The Morgan fingerprint density at radius 2 is 1.75 bits per heavy atom. The third kappa shape index (κ3) is 5.85. The third-order valence-electron chi connectivity index (χ3n) is 3.51. The smallest absolute Gasteiger partial charge is 0.354 e. The summed E-state index contributed by atoms with van der Waals surface area (Å²) in [7, 11) is 2.32. The topological polar surface area (TPSA) is 108 Å². The van der Waals surface area contributed by atoms with Gasteiger partial charge in [-0.25, -0.2) is 9.59 Å². The fourth-order valence-corrected chi connectivity index (χ4v) is 3.06. The first kappa shape index (κ1) is 21.0. The Bertz CT molecular complexity index is 925. The normalized spacial score (nSPS) is 10.9. The quantitative estimate of drug-likeness (QED) is 0.323. The van der Waals surface area contributed by atoms with Crippen LogP contribution in [0.3, 0.4) is 0 Å². The largest absolute Gasteiger partial charge is 0.466 e. The summed E-state index contributed by atoms with van der Waals surface area (Å²) in [5, 5.41) is 14.0. The van der Waals surface area contributed by atoms with Gasteiger partial charge in [0.05, 0.1) is 25.2 Å². The minimum atomic E-state index is -0.815. The zero-order valence-electron chi connectivity index (χ0n) is 15.4. The number of aryl methyl sites for hydroxylation is 1. The van der Waals surface area contributed by atoms with Crippen LogP contribution in [0.4, 0.5) is 11.4 Å². The van der Waals surface area contributed by atoms with E-state index in [9.17, 15) is 19.7 Å². The van der Waals surface area contributed by atoms with Crippen molar-refractivity contribution in [1.82, 2.24) is 0 Å². The van der Waals surface area contributed by atoms with E-state index >= 15 is 0 Å². The van der Waals surface area contributed by atoms with Crippen LogP contribution >= 0.6 is 11.8 Å². The first-order valence-corrected chi connectivity index (χ1v) is 8.83. The van der Waals surface area contributed by atoms with Gasteiger partial charge < -0.3 is 14.8 Å². The van der Waals surface area contributed by atoms with Crippen LogP contribution < -0.4 is 5.32 Å². The molecule has 0 aliphatic rings. The zero-order valence-corrected chi connectivity index (χ0v) is 16.2. The van der Waals surface area contributed by atoms with Crippen molar-refractivity contribution >= 4 is 35.1 Å². The van der Waals surface area contributed by atoms with Crippen molar-refractivity contribution in [2.24, 2.45) is 0 Å². The molecule has 0 saturated heterocycles. The van der Waals surface area contributed by atoms with Gasteiger partial charge in [-0.1, -0.05) is 29.5 Å². The van der Waals surface area contributed by atoms with Crippen LogP contribution in [0.2, 0.25) is 0 Å². The molecule has 0 fully saturated rings. The van der Waals surface area contributed by atoms with Crippen LogP contribution in [0.1, 0.15) is 5.56 Å². The van der Waals surface area contributed by atoms with Gasteiger partial charge in [-0.15, -0.1) is 0 Å². The fourth-order valence-electron chi connectivity index (χ4n) is 2.15. The molecule has 2 rings (SSSR count). The fraction of sp³-hybridized carbons (Fsp3) is 0.158. The van der Waals surface area contributed by atoms with Crippen LogP contribution in [0.15, 0.2) is 64.0 Å². The van der Waals surface area contributed by atoms with Gasteiger partial charge in [0.1, 0.15) is 5.70 Å². The standard InChI is InChI=1S/C19H18N2O6S/c1-12-4-6-15(7-5-12)28-16-9-13(8-14(10-16)21(24)25)20-17(19(23)27-3)11-18(22)26-2/h4-11,20H,1-3H3/b17-11+. The van der Waals surface area contributed by atoms with E-state index in [4.69, 9.17) is 0 Å². The second kappa shape index (κ2) is 9.56. The number of carbonyl (C=O) groups excluding carboxylic acids is 2. The molecule has 0 radical (unpaired) electrons. The van der Waals surface area contributed by atoms with E-state index in [2.05, 4.69) is 14.8 Å². The molecule has 0 aromatic heterocycles. The summed E-state index contributed by atoms with van der Waals surface area (Å²) in [5.41, 5.74) is 0.980. The van der Waals surface area contributed by atoms with Crippen LogP contribution in [0, 0.1) is 17.0 Å². The van der Waals surface area contributed by atoms with Gasteiger partial charge in [0.25, 0.3) is 5.69 Å². The number of methoxy groups -OCH3 is 2. The van der Waals surface area contributed by atoms with Gasteiger partial charge in [-0.3, -0.25) is 10.1 Å². The first-order chi connectivity index (χ1) is 13.3. The van der Waals surface area contributed by atoms with Gasteiger partial charge in [-0.05, 0) is 25.1 Å². The van der Waals surface area contributed by atoms with Crippen LogP contribution in [0.5, 0.6) is 0 Å². The second-order valence-electron chi connectivity index (χ2n) is 5.59. The van der Waals surface area contributed by atoms with E-state index in [0.717, 1.165) is 30.8 Å². The lowest BCUT2D eigenvalue weighted by molar-refractivity contribution is -0.385. The molecule has 0 heterocycles. The lowest BCUT2D eigenvalue weighted by Gasteiger charge is -2.11. The van der Waals surface area contributed by atoms with Crippen LogP contribution in [-0.2, 0) is 19.1 Å². The van der Waals surface area contributed by atoms with Crippen LogP contribution in [-0.4, -0.2) is 31.1 Å². The minimum Gasteiger partial charge on any atom is -0.466 e. The van der Waals surface area contributed by atoms with Gasteiger partial charge >= 0.3 is 11.9 Å². The molecule has 0 atom stereocenters. The molecule has 28 heavy (non-hydrogen) atoms. The number of benzene rings is 2. The van der Waals surface area contributed by atoms with Crippen molar-refractivity contribution in [3.05, 3.63) is 69.9 Å². The van der Waals surface area contributed by atoms with Crippen molar-refractivity contribution in [2.75, 3.05) is 19.5 Å². The van der Waals surface area contributed by atoms with Gasteiger partial charge in [0.15, 0.2) is 0 Å². The number of nitrogens with one attached hydrogen (secondary N) is 1. The number of carbonyl (C=O) groups is 2. The molecule has 2 aromatic carbocycles. The van der Waals surface area contributed by atoms with E-state index in [1.807, 2.05) is 31.2 Å². The highest BCUT2D eigenvalue weighted by Crippen LogP contribution is 2.33. The highest BCUT2D eigenvalue weighted by atomic mass is 32.2. The zero-order chi connectivity index (χ0) is 20.7. The summed E-state index contributed by atoms with van der Waals surface area (Å²) in [6, 6.07) is 12.0. The lowest BCUT2D eigenvalue weighted by Crippen LogP contribution is -2.15. The van der Waals surface area contributed by atoms with Crippen molar-refractivity contribution in [3.8, 4) is 0 Å². The summed E-state index contributed by atoms with van der Waals surface area (Å²) in [5.74, 6) is -1.59. The molecule has 8 nitrogen and oxygen atoms in total. The molecule has 9 heteroatoms. The Balaban J connectivity index is 2.39. The molecule has 0 amide bonds. The van der Waals surface area contributed by atoms with E-state index in [-0.39, 0.29) is 17.1 Å². The molecule has 1 N–H and O–H groups in total. The minimum absolute atomic E-state index is 0.165. The second-order valence-corrected chi connectivity index (χ2v) is 6.73. The molecular weight excluding hydrogens is 384 g/mol. The number of ether oxygens (including phenoxy) is 2. The number of nitro groups is 1. The van der Waals surface area contributed by atoms with Crippen molar-refractivity contribution in [2.45, 2.75) is 16.7 Å². The number of nitro benzene ring substituents is 1. The highest BCUT2D eigenvalue weighted by molar-refractivity contribution is 7.99. The highest BCUT2D eigenvalue weighted by Gasteiger charge is 2.16. The van der Waals surface area contributed by atoms with E-state index in [1.54, 1.807) is 6.07 Å². The van der Waals surface area contributed by atoms with E-state index in [0.29, 0.717) is 4.90 Å². The van der Waals surface area contributed by atoms with Crippen molar-refractivity contribution in [1.29, 1.82) is 0 Å². The molecular formula is C19H18N2O6S. The van der Waals surface area contributed by atoms with Gasteiger partial charge in [-0.2, -0.15) is 0 Å². The Morgan fingerprint density at radius 1 is 1.07 bits per heavy atom. The molecule has 0 bridgehead atoms. The maximum atomic E-state index is 11.9. The Morgan fingerprint density at radius 3 is 2.32 bits per heavy atom. The van der Waals surface area contributed by atoms with E-state index < -0.39 is 16.9 Å². The molecule has 146 valence electrons. The average molecular weight is 402 g/mol. The average Bonchev–Trinajstić information content (AvgIpc) is 2.68. The maximum absolute atomic E-state index is 11.9. The Hall–Kier alpha value is -3.33. The van der Waals surface area contributed by atoms with Crippen LogP contribution in [0.25, 0.3) is 0 Å². The third-order valence-corrected chi connectivity index (χ3v) is 4.49. The summed E-state index contributed by atoms with van der Waals surface area (Å²) in [6.07, 6.45) is 0.914. The number of rotatable bonds is 7. The molecule has 0 aliphatic carbocycles. The summed E-state index contributed by atoms with van der Waals surface area (Å²) in [4.78, 5) is 35.6. The molecule has 0 spiro atoms. The SMILES string of the molecule is COC(=O)/C=C(/Nc1cc(Sc2ccc(C)cc2)cc([N+](=O)[O-])c1)C(=O)OC. The Labute approximate surface area is 165 Å². The molecule has 0 aliphatic heterocycles. The summed E-state index contributed by atoms with van der Waals surface area (Å²) in [6.45, 7) is 1.96. The summed E-state index contributed by atoms with van der Waals surface area (Å²) < 4.78 is 9.14. The molecule has 0 saturated carbocycles. The van der Waals surface area contributed by atoms with Crippen molar-refractivity contribution in [3.63, 3.8) is 0 Å². The Kier molecular flexibility index (Phi) is 7.16. The predicted octanol–water partition coefficient (Wildman–Crippen LogP) is 3.70. The molecule has 2 aromatic rings. The predicted molar refractivity (Wildman–Crippen MR) is 104 cm³/mol. The van der Waals surface area contributed by atoms with Crippen molar-refractivity contribution < 1.29 is 24.0 Å². The van der Waals surface area contributed by atoms with Gasteiger partial charge in [0.2, 0.25) is 0 Å². The molecule has 0 unspecified atom stereocenters. The monoisotopic (exact) mass is 402 g/mol. The lowest BCUT2D eigenvalue weighted by atomic mass is 10.2. The number of esters is 2. The number of anilines is 1.